The highest BCUT2D eigenvalue weighted by Crippen LogP contribution is 2.40. The number of fused-ring (bicyclic) bond motifs is 6. The van der Waals surface area contributed by atoms with Crippen molar-refractivity contribution in [1.82, 2.24) is 9.13 Å². The van der Waals surface area contributed by atoms with Gasteiger partial charge in [-0.25, -0.2) is 0 Å². The molecule has 0 saturated heterocycles. The predicted octanol–water partition coefficient (Wildman–Crippen LogP) is 16.2. The van der Waals surface area contributed by atoms with Crippen LogP contribution in [-0.4, -0.2) is 9.13 Å². The second-order valence-electron chi connectivity index (χ2n) is 15.6. The average molecular weight is 796 g/mol. The van der Waals surface area contributed by atoms with Gasteiger partial charge in [0.05, 0.1) is 31.7 Å². The molecule has 0 N–H and O–H groups in total. The fourth-order valence-electron chi connectivity index (χ4n) is 8.97. The van der Waals surface area contributed by atoms with E-state index >= 15 is 0 Å². The number of hydrogen-bond donors (Lipinski definition) is 0. The van der Waals surface area contributed by atoms with Crippen LogP contribution in [0.4, 0.5) is 0 Å². The van der Waals surface area contributed by atoms with Crippen molar-refractivity contribution in [2.75, 3.05) is 0 Å². The molecule has 0 bridgehead atoms. The van der Waals surface area contributed by atoms with Gasteiger partial charge in [0.25, 0.3) is 0 Å². The lowest BCUT2D eigenvalue weighted by atomic mass is 9.97. The molecule has 10 aromatic carbocycles. The van der Waals surface area contributed by atoms with Crippen molar-refractivity contribution in [2.45, 2.75) is 0 Å². The smallest absolute Gasteiger partial charge is 0.0645 e. The molecule has 0 aliphatic heterocycles. The number of rotatable bonds is 7. The van der Waals surface area contributed by atoms with E-state index in [0.29, 0.717) is 11.3 Å². The summed E-state index contributed by atoms with van der Waals surface area (Å²) in [7, 11) is 0. The van der Waals surface area contributed by atoms with Crippen LogP contribution in [0.5, 0.6) is 0 Å². The molecule has 0 unspecified atom stereocenters. The lowest BCUT2D eigenvalue weighted by molar-refractivity contribution is 1.18. The monoisotopic (exact) mass is 795 g/mol. The van der Waals surface area contributed by atoms with E-state index in [1.807, 2.05) is 109 Å². The molecule has 0 amide bonds. The highest BCUT2D eigenvalue weighted by molar-refractivity contribution is 6.13. The van der Waals surface area contributed by atoms with Crippen LogP contribution in [0.2, 0.25) is 0 Å². The van der Waals surface area contributed by atoms with Crippen LogP contribution in [0.25, 0.3) is 111 Å². The Hall–Kier alpha value is -8.20. The maximum absolute atomic E-state index is 9.98. The number of aromatic nitrogens is 2. The second kappa shape index (κ2) is 14.8. The van der Waals surface area contributed by atoms with Gasteiger partial charge in [0.15, 0.2) is 0 Å². The van der Waals surface area contributed by atoms with E-state index in [4.69, 9.17) is 2.74 Å². The summed E-state index contributed by atoms with van der Waals surface area (Å²) in [6, 6.07) is 65.7. The van der Waals surface area contributed by atoms with E-state index in [9.17, 15) is 6.85 Å². The molecule has 12 rings (SSSR count). The molecule has 2 aromatic heterocycles. The molecule has 0 saturated carbocycles. The van der Waals surface area contributed by atoms with Gasteiger partial charge in [-0.1, -0.05) is 176 Å². The molecule has 2 nitrogen and oxygen atoms in total. The summed E-state index contributed by atoms with van der Waals surface area (Å²) < 4.78 is 69.3. The topological polar surface area (TPSA) is 9.86 Å². The fourth-order valence-corrected chi connectivity index (χ4v) is 8.97. The molecule has 62 heavy (non-hydrogen) atoms. The van der Waals surface area contributed by atoms with Gasteiger partial charge >= 0.3 is 0 Å². The Labute approximate surface area is 370 Å². The fraction of sp³-hybridized carbons (Fsp3) is 0. The first-order valence-electron chi connectivity index (χ1n) is 24.3. The molecule has 0 aliphatic rings. The molecule has 290 valence electrons. The highest BCUT2D eigenvalue weighted by Gasteiger charge is 2.18. The Balaban J connectivity index is 1.10. The molecular formula is C60H40N2. The number of benzene rings is 10. The quantitative estimate of drug-likeness (QED) is 0.152. The van der Waals surface area contributed by atoms with Gasteiger partial charge in [-0.15, -0.1) is 0 Å². The maximum atomic E-state index is 9.98. The van der Waals surface area contributed by atoms with Crippen molar-refractivity contribution in [2.24, 2.45) is 0 Å². The van der Waals surface area contributed by atoms with Gasteiger partial charge in [0, 0.05) is 32.9 Å². The second-order valence-corrected chi connectivity index (χ2v) is 15.6. The van der Waals surface area contributed by atoms with Crippen molar-refractivity contribution in [3.8, 4) is 67.0 Å². The van der Waals surface area contributed by atoms with Crippen LogP contribution in [0.3, 0.4) is 0 Å². The van der Waals surface area contributed by atoms with Gasteiger partial charge in [-0.05, 0) is 122 Å². The van der Waals surface area contributed by atoms with Crippen molar-refractivity contribution in [3.05, 3.63) is 242 Å². The molecular weight excluding hydrogens is 749 g/mol. The Kier molecular flexibility index (Phi) is 6.95. The lowest BCUT2D eigenvalue weighted by Crippen LogP contribution is -1.95. The normalized spacial score (nSPS) is 13.1. The summed E-state index contributed by atoms with van der Waals surface area (Å²) in [5, 5.41) is 2.19. The standard InChI is InChI=1S/C60H40N2/c1-4-15-41(16-5-1)44-21-12-22-45(35-44)50-29-32-54-56-39-49(31-34-59(56)62(60(54)40-50)52-26-14-24-47(37-52)43-19-8-3-9-20-43)48-30-33-58-55(38-48)53-27-10-11-28-57(53)61(58)51-25-13-23-46(36-51)42-17-6-2-7-18-42/h1-40H/i10D,11D,27D,28D,30D,33D,38D. The molecule has 2 heterocycles. The van der Waals surface area contributed by atoms with Crippen LogP contribution < -0.4 is 0 Å². The Bertz CT molecular complexity index is 4030. The summed E-state index contributed by atoms with van der Waals surface area (Å²) in [5.41, 5.74) is 12.9. The molecule has 0 aliphatic carbocycles. The van der Waals surface area contributed by atoms with Crippen molar-refractivity contribution in [3.63, 3.8) is 0 Å². The van der Waals surface area contributed by atoms with Crippen molar-refractivity contribution in [1.29, 1.82) is 0 Å². The number of para-hydroxylation sites is 1. The summed E-state index contributed by atoms with van der Waals surface area (Å²) in [5.74, 6) is 0. The molecule has 0 fully saturated rings. The average Bonchev–Trinajstić information content (AvgIpc) is 3.94. The zero-order valence-corrected chi connectivity index (χ0v) is 33.4. The van der Waals surface area contributed by atoms with Gasteiger partial charge in [0.2, 0.25) is 0 Å². The predicted molar refractivity (Wildman–Crippen MR) is 262 cm³/mol. The third-order valence-corrected chi connectivity index (χ3v) is 11.9. The maximum Gasteiger partial charge on any atom is 0.0645 e. The minimum atomic E-state index is -0.427. The minimum Gasteiger partial charge on any atom is -0.309 e. The molecule has 0 spiro atoms. The van der Waals surface area contributed by atoms with Crippen LogP contribution in [0.15, 0.2) is 242 Å². The van der Waals surface area contributed by atoms with Gasteiger partial charge in [-0.3, -0.25) is 0 Å². The molecule has 12 aromatic rings. The van der Waals surface area contributed by atoms with E-state index in [0.717, 1.165) is 72.0 Å². The molecule has 0 radical (unpaired) electrons. The first-order chi connectivity index (χ1) is 33.7. The van der Waals surface area contributed by atoms with Crippen molar-refractivity contribution < 1.29 is 9.60 Å². The third kappa shape index (κ3) is 6.12. The van der Waals surface area contributed by atoms with Crippen LogP contribution in [0.1, 0.15) is 9.60 Å². The minimum absolute atomic E-state index is 0.0850. The van der Waals surface area contributed by atoms with Crippen LogP contribution >= 0.6 is 0 Å². The van der Waals surface area contributed by atoms with E-state index in [1.165, 1.54) is 0 Å². The Morgan fingerprint density at radius 1 is 0.258 bits per heavy atom. The first kappa shape index (κ1) is 29.1. The van der Waals surface area contributed by atoms with E-state index in [2.05, 4.69) is 95.6 Å². The van der Waals surface area contributed by atoms with E-state index in [1.54, 1.807) is 4.57 Å². The van der Waals surface area contributed by atoms with Crippen molar-refractivity contribution >= 4 is 43.6 Å². The molecule has 0 atom stereocenters. The lowest BCUT2D eigenvalue weighted by Gasteiger charge is -2.12. The Morgan fingerprint density at radius 3 is 1.39 bits per heavy atom. The Morgan fingerprint density at radius 2 is 0.742 bits per heavy atom. The van der Waals surface area contributed by atoms with Gasteiger partial charge in [0.1, 0.15) is 0 Å². The third-order valence-electron chi connectivity index (χ3n) is 11.9. The van der Waals surface area contributed by atoms with E-state index in [-0.39, 0.29) is 57.6 Å². The van der Waals surface area contributed by atoms with Gasteiger partial charge < -0.3 is 9.13 Å². The van der Waals surface area contributed by atoms with E-state index < -0.39 is 12.1 Å². The summed E-state index contributed by atoms with van der Waals surface area (Å²) >= 11 is 0. The summed E-state index contributed by atoms with van der Waals surface area (Å²) in [6.45, 7) is 0. The number of hydrogen-bond acceptors (Lipinski definition) is 0. The number of nitrogens with zero attached hydrogens (tertiary/aromatic N) is 2. The van der Waals surface area contributed by atoms with Gasteiger partial charge in [-0.2, -0.15) is 0 Å². The first-order valence-corrected chi connectivity index (χ1v) is 20.8. The molecule has 2 heteroatoms. The SMILES string of the molecule is [2H]c1c([2H])c([2H])c2c(c1[2H])c1c([2H])c(-c3ccc4c(c3)c3ccc(-c5cccc(-c6ccccc6)c5)cc3n4-c3cccc(-c4ccccc4)c3)c([2H])c([2H])c1n2-c1cccc(-c2ccccc2)c1. The highest BCUT2D eigenvalue weighted by atomic mass is 15.0. The zero-order chi connectivity index (χ0) is 47.1. The largest absolute Gasteiger partial charge is 0.309 e. The van der Waals surface area contributed by atoms with Crippen LogP contribution in [0, 0.1) is 0 Å². The summed E-state index contributed by atoms with van der Waals surface area (Å²) in [4.78, 5) is 0. The zero-order valence-electron chi connectivity index (χ0n) is 40.4. The van der Waals surface area contributed by atoms with Crippen LogP contribution in [-0.2, 0) is 0 Å². The summed E-state index contributed by atoms with van der Waals surface area (Å²) in [6.07, 6.45) is 0.